The second-order valence-corrected chi connectivity index (χ2v) is 4.34. The molecular weight excluding hydrogens is 240 g/mol. The van der Waals surface area contributed by atoms with Crippen molar-refractivity contribution in [1.29, 1.82) is 0 Å². The number of hydrogen-bond acceptors (Lipinski definition) is 4. The van der Waals surface area contributed by atoms with Crippen molar-refractivity contribution in [3.63, 3.8) is 0 Å². The molecule has 0 aliphatic rings. The number of rotatable bonds is 4. The van der Waals surface area contributed by atoms with Gasteiger partial charge in [0.2, 0.25) is 0 Å². The van der Waals surface area contributed by atoms with Gasteiger partial charge >= 0.3 is 11.9 Å². The number of hydrogen-bond donors (Lipinski definition) is 2. The highest BCUT2D eigenvalue weighted by Gasteiger charge is 2.24. The molecule has 17 heavy (non-hydrogen) atoms. The maximum Gasteiger partial charge on any atom is 0.335 e. The molecular formula is C12H14O4S. The summed E-state index contributed by atoms with van der Waals surface area (Å²) in [7, 11) is 0. The third-order valence-corrected chi connectivity index (χ3v) is 2.58. The topological polar surface area (TPSA) is 63.6 Å². The first-order valence-corrected chi connectivity index (χ1v) is 5.66. The molecule has 1 rings (SSSR count). The van der Waals surface area contributed by atoms with Crippen LogP contribution in [0.15, 0.2) is 24.3 Å². The summed E-state index contributed by atoms with van der Waals surface area (Å²) < 4.78 is 5.21. The summed E-state index contributed by atoms with van der Waals surface area (Å²) >= 11 is 3.83. The molecule has 1 aromatic carbocycles. The lowest BCUT2D eigenvalue weighted by Gasteiger charge is -2.25. The van der Waals surface area contributed by atoms with Gasteiger partial charge in [-0.25, -0.2) is 4.79 Å². The largest absolute Gasteiger partial charge is 0.478 e. The van der Waals surface area contributed by atoms with Gasteiger partial charge in [0.1, 0.15) is 5.60 Å². The smallest absolute Gasteiger partial charge is 0.335 e. The molecule has 92 valence electrons. The molecule has 0 radical (unpaired) electrons. The van der Waals surface area contributed by atoms with Crippen molar-refractivity contribution >= 4 is 24.6 Å². The van der Waals surface area contributed by atoms with E-state index in [-0.39, 0.29) is 11.3 Å². The van der Waals surface area contributed by atoms with Gasteiger partial charge < -0.3 is 9.84 Å². The van der Waals surface area contributed by atoms with E-state index in [4.69, 9.17) is 9.84 Å². The fourth-order valence-electron chi connectivity index (χ4n) is 1.39. The molecule has 0 aliphatic heterocycles. The first-order valence-electron chi connectivity index (χ1n) is 5.03. The Morgan fingerprint density at radius 3 is 2.24 bits per heavy atom. The molecule has 0 unspecified atom stereocenters. The standard InChI is InChI=1S/C12H14O4S/c1-12(2,16-10(13)7-17)9-5-3-8(4-6-9)11(14)15/h3-6,17H,7H2,1-2H3,(H,14,15). The molecule has 0 saturated carbocycles. The Morgan fingerprint density at radius 2 is 1.82 bits per heavy atom. The quantitative estimate of drug-likeness (QED) is 0.638. The van der Waals surface area contributed by atoms with Crippen LogP contribution >= 0.6 is 12.6 Å². The summed E-state index contributed by atoms with van der Waals surface area (Å²) in [6.07, 6.45) is 0. The summed E-state index contributed by atoms with van der Waals surface area (Å²) in [4.78, 5) is 21.9. The number of benzene rings is 1. The second kappa shape index (κ2) is 5.23. The number of ether oxygens (including phenoxy) is 1. The molecule has 1 aromatic rings. The maximum absolute atomic E-state index is 11.2. The summed E-state index contributed by atoms with van der Waals surface area (Å²) in [6, 6.07) is 6.23. The zero-order chi connectivity index (χ0) is 13.1. The van der Waals surface area contributed by atoms with Crippen molar-refractivity contribution < 1.29 is 19.4 Å². The van der Waals surface area contributed by atoms with E-state index < -0.39 is 17.5 Å². The Kier molecular flexibility index (Phi) is 4.17. The molecule has 0 saturated heterocycles. The number of esters is 1. The van der Waals surface area contributed by atoms with Crippen molar-refractivity contribution in [2.45, 2.75) is 19.4 Å². The van der Waals surface area contributed by atoms with Crippen LogP contribution in [0, 0.1) is 0 Å². The number of carboxylic acid groups (broad SMARTS) is 1. The van der Waals surface area contributed by atoms with Crippen LogP contribution < -0.4 is 0 Å². The fraction of sp³-hybridized carbons (Fsp3) is 0.333. The zero-order valence-electron chi connectivity index (χ0n) is 9.64. The van der Waals surface area contributed by atoms with Crippen LogP contribution in [0.5, 0.6) is 0 Å². The van der Waals surface area contributed by atoms with Crippen LogP contribution in [-0.4, -0.2) is 22.8 Å². The number of aromatic carboxylic acids is 1. The van der Waals surface area contributed by atoms with E-state index in [1.54, 1.807) is 26.0 Å². The number of carboxylic acids is 1. The van der Waals surface area contributed by atoms with E-state index >= 15 is 0 Å². The van der Waals surface area contributed by atoms with E-state index in [1.165, 1.54) is 12.1 Å². The molecule has 1 N–H and O–H groups in total. The molecule has 0 aliphatic carbocycles. The monoisotopic (exact) mass is 254 g/mol. The molecule has 0 heterocycles. The van der Waals surface area contributed by atoms with Crippen LogP contribution in [-0.2, 0) is 15.1 Å². The van der Waals surface area contributed by atoms with Crippen molar-refractivity contribution in [3.8, 4) is 0 Å². The van der Waals surface area contributed by atoms with E-state index in [2.05, 4.69) is 12.6 Å². The van der Waals surface area contributed by atoms with Crippen molar-refractivity contribution in [2.24, 2.45) is 0 Å². The Morgan fingerprint density at radius 1 is 1.29 bits per heavy atom. The zero-order valence-corrected chi connectivity index (χ0v) is 10.5. The van der Waals surface area contributed by atoms with Gasteiger partial charge in [-0.1, -0.05) is 12.1 Å². The third-order valence-electron chi connectivity index (χ3n) is 2.33. The van der Waals surface area contributed by atoms with E-state index in [0.29, 0.717) is 0 Å². The maximum atomic E-state index is 11.2. The Balaban J connectivity index is 2.91. The molecule has 0 aromatic heterocycles. The molecule has 0 fully saturated rings. The molecule has 0 spiro atoms. The normalized spacial score (nSPS) is 11.0. The van der Waals surface area contributed by atoms with E-state index in [0.717, 1.165) is 5.56 Å². The fourth-order valence-corrected chi connectivity index (χ4v) is 1.45. The van der Waals surface area contributed by atoms with E-state index in [1.807, 2.05) is 0 Å². The number of carbonyl (C=O) groups is 2. The lowest BCUT2D eigenvalue weighted by Crippen LogP contribution is -2.26. The SMILES string of the molecule is CC(C)(OC(=O)CS)c1ccc(C(=O)O)cc1. The van der Waals surface area contributed by atoms with Gasteiger partial charge in [-0.2, -0.15) is 12.6 Å². The lowest BCUT2D eigenvalue weighted by molar-refractivity contribution is -0.153. The predicted octanol–water partition coefficient (Wildman–Crippen LogP) is 2.09. The molecule has 5 heteroatoms. The molecule has 0 amide bonds. The van der Waals surface area contributed by atoms with Crippen LogP contribution in [0.2, 0.25) is 0 Å². The van der Waals surface area contributed by atoms with Gasteiger partial charge in [-0.05, 0) is 31.5 Å². The lowest BCUT2D eigenvalue weighted by atomic mass is 9.97. The minimum Gasteiger partial charge on any atom is -0.478 e. The van der Waals surface area contributed by atoms with Crippen LogP contribution in [0.1, 0.15) is 29.8 Å². The molecule has 0 bridgehead atoms. The first-order chi connectivity index (χ1) is 7.86. The van der Waals surface area contributed by atoms with Gasteiger partial charge in [-0.3, -0.25) is 4.79 Å². The van der Waals surface area contributed by atoms with E-state index in [9.17, 15) is 9.59 Å². The molecule has 0 atom stereocenters. The van der Waals surface area contributed by atoms with Gasteiger partial charge in [0.15, 0.2) is 0 Å². The van der Waals surface area contributed by atoms with Gasteiger partial charge in [0.05, 0.1) is 11.3 Å². The average molecular weight is 254 g/mol. The van der Waals surface area contributed by atoms with Crippen LogP contribution in [0.25, 0.3) is 0 Å². The Bertz CT molecular complexity index is 423. The highest BCUT2D eigenvalue weighted by atomic mass is 32.1. The summed E-state index contributed by atoms with van der Waals surface area (Å²) in [5, 5.41) is 8.77. The van der Waals surface area contributed by atoms with Crippen molar-refractivity contribution in [3.05, 3.63) is 35.4 Å². The number of carbonyl (C=O) groups excluding carboxylic acids is 1. The van der Waals surface area contributed by atoms with Gasteiger partial charge in [0, 0.05) is 0 Å². The minimum atomic E-state index is -0.985. The van der Waals surface area contributed by atoms with Crippen molar-refractivity contribution in [1.82, 2.24) is 0 Å². The average Bonchev–Trinajstić information content (AvgIpc) is 2.28. The minimum absolute atomic E-state index is 0.0106. The highest BCUT2D eigenvalue weighted by molar-refractivity contribution is 7.81. The highest BCUT2D eigenvalue weighted by Crippen LogP contribution is 2.25. The first kappa shape index (κ1) is 13.6. The number of thiol groups is 1. The summed E-state index contributed by atoms with van der Waals surface area (Å²) in [5.41, 5.74) is 0.138. The third kappa shape index (κ3) is 3.49. The predicted molar refractivity (Wildman–Crippen MR) is 66.4 cm³/mol. The Labute approximate surface area is 105 Å². The van der Waals surface area contributed by atoms with Crippen LogP contribution in [0.3, 0.4) is 0 Å². The second-order valence-electron chi connectivity index (χ2n) is 4.02. The van der Waals surface area contributed by atoms with Crippen molar-refractivity contribution in [2.75, 3.05) is 5.75 Å². The van der Waals surface area contributed by atoms with Crippen LogP contribution in [0.4, 0.5) is 0 Å². The summed E-state index contributed by atoms with van der Waals surface area (Å²) in [6.45, 7) is 3.48. The van der Waals surface area contributed by atoms with Gasteiger partial charge in [-0.15, -0.1) is 0 Å². The van der Waals surface area contributed by atoms with Gasteiger partial charge in [0.25, 0.3) is 0 Å². The Hall–Kier alpha value is -1.49. The summed E-state index contributed by atoms with van der Waals surface area (Å²) in [5.74, 6) is -1.39. The molecule has 4 nitrogen and oxygen atoms in total.